The molecular weight excluding hydrogens is 241 g/mol. The van der Waals surface area contributed by atoms with Crippen LogP contribution < -0.4 is 0 Å². The molecular formula is C6H6IN3. The van der Waals surface area contributed by atoms with Crippen molar-refractivity contribution in [1.29, 1.82) is 5.26 Å². The largest absolute Gasteiger partial charge is 0.257 e. The van der Waals surface area contributed by atoms with Crippen molar-refractivity contribution in [3.63, 3.8) is 0 Å². The average Bonchev–Trinajstić information content (AvgIpc) is 2.09. The van der Waals surface area contributed by atoms with Crippen LogP contribution in [0.1, 0.15) is 11.4 Å². The lowest BCUT2D eigenvalue weighted by Gasteiger charge is -1.86. The Morgan fingerprint density at radius 3 is 2.50 bits per heavy atom. The smallest absolute Gasteiger partial charge is 0.151 e. The molecule has 0 radical (unpaired) electrons. The lowest BCUT2D eigenvalue weighted by molar-refractivity contribution is 0.745. The summed E-state index contributed by atoms with van der Waals surface area (Å²) in [4.78, 5) is 0. The van der Waals surface area contributed by atoms with Gasteiger partial charge in [-0.05, 0) is 29.5 Å². The van der Waals surface area contributed by atoms with Crippen LogP contribution in [0.4, 0.5) is 0 Å². The van der Waals surface area contributed by atoms with Gasteiger partial charge < -0.3 is 0 Å². The standard InChI is InChI=1S/C6H6IN3/c1-4-6(7)5(3-8)10(2)9-4/h1-2H3. The Balaban J connectivity index is 3.37. The fourth-order valence-corrected chi connectivity index (χ4v) is 1.33. The Morgan fingerprint density at radius 2 is 2.30 bits per heavy atom. The number of halogens is 1. The first-order valence-electron chi connectivity index (χ1n) is 2.76. The molecule has 0 saturated heterocycles. The number of rotatable bonds is 0. The molecule has 0 fully saturated rings. The molecule has 1 rings (SSSR count). The van der Waals surface area contributed by atoms with E-state index in [0.29, 0.717) is 5.69 Å². The maximum absolute atomic E-state index is 8.60. The van der Waals surface area contributed by atoms with E-state index in [4.69, 9.17) is 5.26 Å². The summed E-state index contributed by atoms with van der Waals surface area (Å²) in [6.45, 7) is 1.89. The molecule has 0 atom stereocenters. The number of aromatic nitrogens is 2. The van der Waals surface area contributed by atoms with Gasteiger partial charge in [0.2, 0.25) is 0 Å². The van der Waals surface area contributed by atoms with Gasteiger partial charge in [0, 0.05) is 7.05 Å². The molecule has 1 heterocycles. The van der Waals surface area contributed by atoms with Gasteiger partial charge in [-0.1, -0.05) is 0 Å². The van der Waals surface area contributed by atoms with Crippen molar-refractivity contribution in [3.8, 4) is 6.07 Å². The van der Waals surface area contributed by atoms with Gasteiger partial charge in [-0.2, -0.15) is 10.4 Å². The summed E-state index contributed by atoms with van der Waals surface area (Å²) in [6, 6.07) is 2.08. The van der Waals surface area contributed by atoms with Crippen molar-refractivity contribution in [1.82, 2.24) is 9.78 Å². The quantitative estimate of drug-likeness (QED) is 0.646. The minimum atomic E-state index is 0.637. The van der Waals surface area contributed by atoms with E-state index in [2.05, 4.69) is 33.8 Å². The molecule has 0 N–H and O–H groups in total. The van der Waals surface area contributed by atoms with Crippen LogP contribution in [0.25, 0.3) is 0 Å². The van der Waals surface area contributed by atoms with Gasteiger partial charge in [-0.25, -0.2) is 0 Å². The van der Waals surface area contributed by atoms with Gasteiger partial charge in [0.1, 0.15) is 6.07 Å². The van der Waals surface area contributed by atoms with E-state index in [9.17, 15) is 0 Å². The van der Waals surface area contributed by atoms with Crippen molar-refractivity contribution < 1.29 is 0 Å². The first-order valence-corrected chi connectivity index (χ1v) is 3.84. The van der Waals surface area contributed by atoms with E-state index < -0.39 is 0 Å². The molecule has 3 nitrogen and oxygen atoms in total. The van der Waals surface area contributed by atoms with Crippen LogP contribution in [0, 0.1) is 21.8 Å². The SMILES string of the molecule is Cc1nn(C)c(C#N)c1I. The molecule has 0 aromatic carbocycles. The number of nitrogens with zero attached hydrogens (tertiary/aromatic N) is 3. The summed E-state index contributed by atoms with van der Waals surface area (Å²) in [5, 5.41) is 12.7. The summed E-state index contributed by atoms with van der Waals surface area (Å²) in [6.07, 6.45) is 0. The Bertz CT molecular complexity index is 295. The molecule has 1 aromatic heterocycles. The molecule has 0 saturated carbocycles. The number of nitriles is 1. The second-order valence-corrected chi connectivity index (χ2v) is 3.06. The molecule has 0 spiro atoms. The monoisotopic (exact) mass is 247 g/mol. The second-order valence-electron chi connectivity index (χ2n) is 1.98. The van der Waals surface area contributed by atoms with E-state index in [1.54, 1.807) is 11.7 Å². The third-order valence-electron chi connectivity index (χ3n) is 1.26. The molecule has 0 amide bonds. The molecule has 0 aliphatic heterocycles. The third-order valence-corrected chi connectivity index (χ3v) is 2.55. The Morgan fingerprint density at radius 1 is 1.70 bits per heavy atom. The van der Waals surface area contributed by atoms with Crippen molar-refractivity contribution in [3.05, 3.63) is 15.0 Å². The number of aryl methyl sites for hydroxylation is 2. The highest BCUT2D eigenvalue weighted by Crippen LogP contribution is 2.13. The van der Waals surface area contributed by atoms with Crippen molar-refractivity contribution in [2.75, 3.05) is 0 Å². The highest BCUT2D eigenvalue weighted by molar-refractivity contribution is 14.1. The van der Waals surface area contributed by atoms with Crippen LogP contribution >= 0.6 is 22.6 Å². The predicted octanol–water partition coefficient (Wildman–Crippen LogP) is 1.20. The topological polar surface area (TPSA) is 41.6 Å². The van der Waals surface area contributed by atoms with Crippen molar-refractivity contribution >= 4 is 22.6 Å². The molecule has 4 heteroatoms. The van der Waals surface area contributed by atoms with Gasteiger partial charge in [0.25, 0.3) is 0 Å². The summed E-state index contributed by atoms with van der Waals surface area (Å²) in [5.74, 6) is 0. The van der Waals surface area contributed by atoms with Crippen LogP contribution in [-0.4, -0.2) is 9.78 Å². The van der Waals surface area contributed by atoms with Gasteiger partial charge >= 0.3 is 0 Å². The van der Waals surface area contributed by atoms with Gasteiger partial charge in [0.15, 0.2) is 5.69 Å². The van der Waals surface area contributed by atoms with Crippen molar-refractivity contribution in [2.45, 2.75) is 6.92 Å². The fraction of sp³-hybridized carbons (Fsp3) is 0.333. The normalized spacial score (nSPS) is 9.40. The zero-order chi connectivity index (χ0) is 7.72. The molecule has 0 aliphatic carbocycles. The Hall–Kier alpha value is -0.570. The number of hydrogen-bond acceptors (Lipinski definition) is 2. The maximum Gasteiger partial charge on any atom is 0.151 e. The van der Waals surface area contributed by atoms with Gasteiger partial charge in [-0.15, -0.1) is 0 Å². The maximum atomic E-state index is 8.60. The zero-order valence-corrected chi connectivity index (χ0v) is 7.88. The van der Waals surface area contributed by atoms with E-state index in [1.807, 2.05) is 6.92 Å². The van der Waals surface area contributed by atoms with Crippen LogP contribution in [0.3, 0.4) is 0 Å². The number of hydrogen-bond donors (Lipinski definition) is 0. The molecule has 0 aliphatic rings. The molecule has 52 valence electrons. The summed E-state index contributed by atoms with van der Waals surface area (Å²) in [7, 11) is 1.77. The van der Waals surface area contributed by atoms with E-state index in [0.717, 1.165) is 9.26 Å². The van der Waals surface area contributed by atoms with Crippen LogP contribution in [0.5, 0.6) is 0 Å². The predicted molar refractivity (Wildman–Crippen MR) is 45.4 cm³/mol. The first-order chi connectivity index (χ1) is 4.66. The Kier molecular flexibility index (Phi) is 1.94. The molecule has 0 unspecified atom stereocenters. The lowest BCUT2D eigenvalue weighted by Crippen LogP contribution is -1.93. The van der Waals surface area contributed by atoms with Crippen LogP contribution in [0.15, 0.2) is 0 Å². The lowest BCUT2D eigenvalue weighted by atomic mass is 10.4. The van der Waals surface area contributed by atoms with Gasteiger partial charge in [-0.3, -0.25) is 4.68 Å². The van der Waals surface area contributed by atoms with E-state index in [-0.39, 0.29) is 0 Å². The molecule has 10 heavy (non-hydrogen) atoms. The minimum Gasteiger partial charge on any atom is -0.257 e. The third kappa shape index (κ3) is 1.01. The van der Waals surface area contributed by atoms with Crippen molar-refractivity contribution in [2.24, 2.45) is 7.05 Å². The van der Waals surface area contributed by atoms with Crippen LogP contribution in [-0.2, 0) is 7.05 Å². The second kappa shape index (κ2) is 2.58. The van der Waals surface area contributed by atoms with Gasteiger partial charge in [0.05, 0.1) is 9.26 Å². The highest BCUT2D eigenvalue weighted by Gasteiger charge is 2.07. The molecule has 0 bridgehead atoms. The molecule has 1 aromatic rings. The Labute approximate surface area is 72.8 Å². The van der Waals surface area contributed by atoms with E-state index in [1.165, 1.54) is 0 Å². The fourth-order valence-electron chi connectivity index (χ4n) is 0.754. The first kappa shape index (κ1) is 7.54. The zero-order valence-electron chi connectivity index (χ0n) is 5.72. The summed E-state index contributed by atoms with van der Waals surface area (Å²) in [5.41, 5.74) is 1.55. The summed E-state index contributed by atoms with van der Waals surface area (Å²) < 4.78 is 2.54. The summed E-state index contributed by atoms with van der Waals surface area (Å²) >= 11 is 2.12. The highest BCUT2D eigenvalue weighted by atomic mass is 127. The average molecular weight is 247 g/mol. The van der Waals surface area contributed by atoms with Crippen LogP contribution in [0.2, 0.25) is 0 Å². The minimum absolute atomic E-state index is 0.637. The van der Waals surface area contributed by atoms with E-state index >= 15 is 0 Å².